The predicted molar refractivity (Wildman–Crippen MR) is 139 cm³/mol. The average Bonchev–Trinajstić information content (AvgIpc) is 3.49. The summed E-state index contributed by atoms with van der Waals surface area (Å²) in [4.78, 5) is 48.6. The van der Waals surface area contributed by atoms with Crippen molar-refractivity contribution in [2.24, 2.45) is 0 Å². The molecule has 5 rings (SSSR count). The van der Waals surface area contributed by atoms with E-state index in [1.54, 1.807) is 25.6 Å². The van der Waals surface area contributed by atoms with Crippen LogP contribution in [0.1, 0.15) is 54.0 Å². The number of imide groups is 1. The first kappa shape index (κ1) is 24.7. The lowest BCUT2D eigenvalue weighted by Gasteiger charge is -2.33. The van der Waals surface area contributed by atoms with E-state index >= 15 is 0 Å². The molecule has 0 N–H and O–H groups in total. The van der Waals surface area contributed by atoms with Gasteiger partial charge in [0.25, 0.3) is 0 Å². The van der Waals surface area contributed by atoms with Crippen LogP contribution in [0.2, 0.25) is 0 Å². The van der Waals surface area contributed by atoms with Gasteiger partial charge >= 0.3 is 0 Å². The number of hydrogen-bond acceptors (Lipinski definition) is 5. The predicted octanol–water partition coefficient (Wildman–Crippen LogP) is 4.35. The molecule has 3 amide bonds. The van der Waals surface area contributed by atoms with Crippen LogP contribution in [0.3, 0.4) is 0 Å². The van der Waals surface area contributed by atoms with Gasteiger partial charge in [0.05, 0.1) is 25.1 Å². The minimum Gasteiger partial charge on any atom is -0.496 e. The van der Waals surface area contributed by atoms with E-state index in [0.717, 1.165) is 40.8 Å². The van der Waals surface area contributed by atoms with Gasteiger partial charge in [-0.25, -0.2) is 0 Å². The summed E-state index contributed by atoms with van der Waals surface area (Å²) < 4.78 is 5.58. The number of ether oxygens (including phenoxy) is 1. The number of rotatable bonds is 7. The van der Waals surface area contributed by atoms with E-state index in [4.69, 9.17) is 4.74 Å². The number of aromatic nitrogens is 1. The third kappa shape index (κ3) is 4.50. The lowest BCUT2D eigenvalue weighted by molar-refractivity contribution is -0.143. The van der Waals surface area contributed by atoms with Crippen molar-refractivity contribution in [2.45, 2.75) is 50.6 Å². The van der Waals surface area contributed by atoms with Crippen molar-refractivity contribution in [1.29, 1.82) is 0 Å². The Bertz CT molecular complexity index is 1330. The number of carbonyl (C=O) groups excluding carboxylic acids is 3. The van der Waals surface area contributed by atoms with E-state index < -0.39 is 5.41 Å². The fraction of sp³-hybridized carbons (Fsp3) is 0.333. The number of hydrogen-bond donors (Lipinski definition) is 0. The third-order valence-corrected chi connectivity index (χ3v) is 7.66. The quantitative estimate of drug-likeness (QED) is 0.454. The van der Waals surface area contributed by atoms with Gasteiger partial charge in [-0.1, -0.05) is 48.5 Å². The first-order chi connectivity index (χ1) is 17.9. The highest BCUT2D eigenvalue weighted by Gasteiger charge is 2.55. The third-order valence-electron chi connectivity index (χ3n) is 7.66. The molecule has 3 aromatic rings. The van der Waals surface area contributed by atoms with E-state index in [1.165, 1.54) is 4.90 Å². The topological polar surface area (TPSA) is 79.8 Å². The van der Waals surface area contributed by atoms with E-state index in [-0.39, 0.29) is 43.1 Å². The van der Waals surface area contributed by atoms with Crippen molar-refractivity contribution in [1.82, 2.24) is 14.8 Å². The number of nitrogens with zero attached hydrogens (tertiary/aromatic N) is 3. The van der Waals surface area contributed by atoms with Crippen LogP contribution in [0.4, 0.5) is 0 Å². The number of para-hydroxylation sites is 1. The Morgan fingerprint density at radius 2 is 1.86 bits per heavy atom. The standard InChI is InChI=1S/C30H31N3O4/c1-21-9-3-5-12-24(21)30(18-28(35)33(29(30)36)20-22-10-7-15-31-19-22)17-27(34)32-16-8-13-25(32)23-11-4-6-14-26(23)37-2/h3-7,9-12,14-15,19,25H,8,13,16-18,20H2,1-2H3/t25-,30+/m0/s1. The number of benzene rings is 2. The fourth-order valence-corrected chi connectivity index (χ4v) is 5.88. The molecule has 0 unspecified atom stereocenters. The molecule has 2 saturated heterocycles. The number of amides is 3. The molecular weight excluding hydrogens is 466 g/mol. The first-order valence-electron chi connectivity index (χ1n) is 12.7. The summed E-state index contributed by atoms with van der Waals surface area (Å²) in [6.45, 7) is 2.67. The van der Waals surface area contributed by atoms with E-state index in [9.17, 15) is 14.4 Å². The summed E-state index contributed by atoms with van der Waals surface area (Å²) in [5.41, 5.74) is 2.13. The maximum atomic E-state index is 14.1. The zero-order valence-electron chi connectivity index (χ0n) is 21.2. The summed E-state index contributed by atoms with van der Waals surface area (Å²) in [6.07, 6.45) is 4.91. The Morgan fingerprint density at radius 1 is 1.08 bits per heavy atom. The highest BCUT2D eigenvalue weighted by molar-refractivity contribution is 6.11. The summed E-state index contributed by atoms with van der Waals surface area (Å²) in [5, 5.41) is 0. The lowest BCUT2D eigenvalue weighted by atomic mass is 9.73. The Morgan fingerprint density at radius 3 is 2.62 bits per heavy atom. The molecule has 2 atom stereocenters. The molecule has 1 aromatic heterocycles. The second-order valence-corrected chi connectivity index (χ2v) is 9.88. The summed E-state index contributed by atoms with van der Waals surface area (Å²) >= 11 is 0. The molecule has 0 radical (unpaired) electrons. The summed E-state index contributed by atoms with van der Waals surface area (Å²) in [7, 11) is 1.63. The van der Waals surface area contributed by atoms with Crippen molar-refractivity contribution >= 4 is 17.7 Å². The average molecular weight is 498 g/mol. The normalized spacial score (nSPS) is 21.5. The number of aryl methyl sites for hydroxylation is 1. The highest BCUT2D eigenvalue weighted by atomic mass is 16.5. The van der Waals surface area contributed by atoms with Crippen LogP contribution in [-0.2, 0) is 26.3 Å². The minimum atomic E-state index is -1.24. The van der Waals surface area contributed by atoms with Crippen molar-refractivity contribution in [2.75, 3.05) is 13.7 Å². The molecule has 0 bridgehead atoms. The van der Waals surface area contributed by atoms with Crippen molar-refractivity contribution in [3.8, 4) is 5.75 Å². The fourth-order valence-electron chi connectivity index (χ4n) is 5.88. The van der Waals surface area contributed by atoms with E-state index in [1.807, 2.05) is 66.4 Å². The monoisotopic (exact) mass is 497 g/mol. The van der Waals surface area contributed by atoms with Gasteiger partial charge in [-0.15, -0.1) is 0 Å². The molecule has 2 aromatic carbocycles. The zero-order valence-corrected chi connectivity index (χ0v) is 21.2. The second kappa shape index (κ2) is 10.2. The molecule has 2 aliphatic heterocycles. The molecule has 2 aliphatic rings. The van der Waals surface area contributed by atoms with E-state index in [2.05, 4.69) is 4.98 Å². The van der Waals surface area contributed by atoms with Crippen LogP contribution in [0.15, 0.2) is 73.1 Å². The van der Waals surface area contributed by atoms with Crippen LogP contribution >= 0.6 is 0 Å². The van der Waals surface area contributed by atoms with Gasteiger partial charge in [0, 0.05) is 37.3 Å². The molecule has 0 spiro atoms. The maximum Gasteiger partial charge on any atom is 0.241 e. The van der Waals surface area contributed by atoms with Gasteiger partial charge in [-0.05, 0) is 48.6 Å². The smallest absolute Gasteiger partial charge is 0.241 e. The maximum absolute atomic E-state index is 14.1. The number of carbonyl (C=O) groups is 3. The van der Waals surface area contributed by atoms with E-state index in [0.29, 0.717) is 6.54 Å². The van der Waals surface area contributed by atoms with Crippen molar-refractivity contribution < 1.29 is 19.1 Å². The summed E-state index contributed by atoms with van der Waals surface area (Å²) in [5.74, 6) is 0.0290. The zero-order chi connectivity index (χ0) is 26.0. The van der Waals surface area contributed by atoms with Gasteiger partial charge in [-0.2, -0.15) is 0 Å². The first-order valence-corrected chi connectivity index (χ1v) is 12.7. The van der Waals surface area contributed by atoms with Gasteiger partial charge in [-0.3, -0.25) is 24.3 Å². The van der Waals surface area contributed by atoms with Gasteiger partial charge < -0.3 is 9.64 Å². The molecule has 0 saturated carbocycles. The van der Waals surface area contributed by atoms with Crippen LogP contribution in [0, 0.1) is 6.92 Å². The molecular formula is C30H31N3O4. The Kier molecular flexibility index (Phi) is 6.78. The molecule has 2 fully saturated rings. The molecule has 7 heteroatoms. The molecule has 3 heterocycles. The SMILES string of the molecule is COc1ccccc1[C@@H]1CCCN1C(=O)C[C@]1(c2ccccc2C)CC(=O)N(Cc2cccnc2)C1=O. The van der Waals surface area contributed by atoms with Crippen LogP contribution in [0.5, 0.6) is 5.75 Å². The van der Waals surface area contributed by atoms with Crippen molar-refractivity contribution in [3.05, 3.63) is 95.3 Å². The van der Waals surface area contributed by atoms with Crippen LogP contribution in [-0.4, -0.2) is 46.2 Å². The summed E-state index contributed by atoms with van der Waals surface area (Å²) in [6, 6.07) is 18.8. The van der Waals surface area contributed by atoms with Crippen LogP contribution in [0.25, 0.3) is 0 Å². The Hall–Kier alpha value is -4.00. The molecule has 7 nitrogen and oxygen atoms in total. The second-order valence-electron chi connectivity index (χ2n) is 9.88. The van der Waals surface area contributed by atoms with Crippen LogP contribution < -0.4 is 4.74 Å². The van der Waals surface area contributed by atoms with Gasteiger partial charge in [0.1, 0.15) is 5.75 Å². The number of likely N-dealkylation sites (tertiary alicyclic amines) is 2. The van der Waals surface area contributed by atoms with Gasteiger partial charge in [0.2, 0.25) is 17.7 Å². The number of methoxy groups -OCH3 is 1. The highest BCUT2D eigenvalue weighted by Crippen LogP contribution is 2.44. The molecule has 190 valence electrons. The lowest BCUT2D eigenvalue weighted by Crippen LogP contribution is -2.43. The van der Waals surface area contributed by atoms with Gasteiger partial charge in [0.15, 0.2) is 0 Å². The minimum absolute atomic E-state index is 0.0319. The largest absolute Gasteiger partial charge is 0.496 e. The molecule has 0 aliphatic carbocycles. The van der Waals surface area contributed by atoms with Crippen molar-refractivity contribution in [3.63, 3.8) is 0 Å². The Labute approximate surface area is 217 Å². The molecule has 37 heavy (non-hydrogen) atoms. The Balaban J connectivity index is 1.49. The number of pyridine rings is 1.